The van der Waals surface area contributed by atoms with Crippen LogP contribution < -0.4 is 10.1 Å². The summed E-state index contributed by atoms with van der Waals surface area (Å²) in [5.41, 5.74) is 2.56. The van der Waals surface area contributed by atoms with Gasteiger partial charge in [0.25, 0.3) is 0 Å². The maximum Gasteiger partial charge on any atom is 0.124 e. The van der Waals surface area contributed by atoms with Crippen molar-refractivity contribution < 1.29 is 4.74 Å². The van der Waals surface area contributed by atoms with Gasteiger partial charge < -0.3 is 10.1 Å². The van der Waals surface area contributed by atoms with Crippen molar-refractivity contribution in [1.29, 1.82) is 0 Å². The maximum atomic E-state index is 6.01. The molecule has 2 rings (SSSR count). The van der Waals surface area contributed by atoms with Crippen molar-refractivity contribution in [2.75, 3.05) is 0 Å². The van der Waals surface area contributed by atoms with Gasteiger partial charge in [-0.15, -0.1) is 11.3 Å². The van der Waals surface area contributed by atoms with Gasteiger partial charge in [0, 0.05) is 22.5 Å². The topological polar surface area (TPSA) is 21.3 Å². The molecule has 0 saturated carbocycles. The molecule has 0 fully saturated rings. The summed E-state index contributed by atoms with van der Waals surface area (Å²) in [6.45, 7) is 10.1. The van der Waals surface area contributed by atoms with Crippen LogP contribution in [0.3, 0.4) is 0 Å². The van der Waals surface area contributed by atoms with Crippen LogP contribution in [0.2, 0.25) is 0 Å². The average molecular weight is 368 g/mol. The van der Waals surface area contributed by atoms with Gasteiger partial charge in [-0.1, -0.05) is 17.7 Å². The fourth-order valence-corrected chi connectivity index (χ4v) is 3.32. The minimum atomic E-state index is 0.0969. The normalized spacial score (nSPS) is 11.7. The molecule has 114 valence electrons. The van der Waals surface area contributed by atoms with E-state index in [0.717, 1.165) is 16.1 Å². The van der Waals surface area contributed by atoms with Gasteiger partial charge in [-0.05, 0) is 61.8 Å². The number of nitrogens with one attached hydrogen (secondary N) is 1. The monoisotopic (exact) mass is 367 g/mol. The first-order valence-electron chi connectivity index (χ1n) is 7.05. The minimum Gasteiger partial charge on any atom is -0.488 e. The molecule has 21 heavy (non-hydrogen) atoms. The summed E-state index contributed by atoms with van der Waals surface area (Å²) < 4.78 is 7.14. The Morgan fingerprint density at radius 3 is 2.57 bits per heavy atom. The van der Waals surface area contributed by atoms with Crippen LogP contribution in [0.25, 0.3) is 0 Å². The molecule has 0 unspecified atom stereocenters. The Morgan fingerprint density at radius 2 is 1.95 bits per heavy atom. The lowest BCUT2D eigenvalue weighted by atomic mass is 10.1. The number of hydrogen-bond donors (Lipinski definition) is 1. The molecule has 0 radical (unpaired) electrons. The molecule has 0 saturated heterocycles. The lowest BCUT2D eigenvalue weighted by Gasteiger charge is -2.22. The number of halogens is 1. The highest BCUT2D eigenvalue weighted by Crippen LogP contribution is 2.26. The van der Waals surface area contributed by atoms with Crippen LogP contribution in [0, 0.1) is 6.92 Å². The summed E-state index contributed by atoms with van der Waals surface area (Å²) in [5, 5.41) is 3.52. The number of ether oxygens (including phenoxy) is 1. The molecule has 0 aliphatic rings. The Morgan fingerprint density at radius 1 is 1.19 bits per heavy atom. The van der Waals surface area contributed by atoms with Gasteiger partial charge in [-0.2, -0.15) is 0 Å². The third-order valence-corrected chi connectivity index (χ3v) is 4.62. The summed E-state index contributed by atoms with van der Waals surface area (Å²) in [4.78, 5) is 1.22. The van der Waals surface area contributed by atoms with E-state index in [4.69, 9.17) is 4.74 Å². The zero-order chi connectivity index (χ0) is 15.5. The molecular formula is C17H22BrNOS. The predicted molar refractivity (Wildman–Crippen MR) is 94.1 cm³/mol. The average Bonchev–Trinajstić information content (AvgIpc) is 2.80. The molecule has 2 aromatic rings. The van der Waals surface area contributed by atoms with E-state index in [2.05, 4.69) is 79.3 Å². The quantitative estimate of drug-likeness (QED) is 0.775. The highest BCUT2D eigenvalue weighted by molar-refractivity contribution is 9.11. The Bertz CT molecular complexity index is 601. The largest absolute Gasteiger partial charge is 0.488 e. The zero-order valence-corrected chi connectivity index (χ0v) is 15.4. The molecule has 0 amide bonds. The number of rotatable bonds is 5. The molecule has 0 bridgehead atoms. The van der Waals surface area contributed by atoms with Crippen LogP contribution in [-0.4, -0.2) is 5.54 Å². The summed E-state index contributed by atoms with van der Waals surface area (Å²) in [6.07, 6.45) is 0. The van der Waals surface area contributed by atoms with Crippen molar-refractivity contribution in [2.24, 2.45) is 0 Å². The minimum absolute atomic E-state index is 0.0969. The van der Waals surface area contributed by atoms with Crippen molar-refractivity contribution in [3.8, 4) is 5.75 Å². The third kappa shape index (κ3) is 5.46. The van der Waals surface area contributed by atoms with E-state index < -0.39 is 0 Å². The van der Waals surface area contributed by atoms with E-state index in [1.165, 1.54) is 16.0 Å². The molecule has 4 heteroatoms. The Hall–Kier alpha value is -0.840. The lowest BCUT2D eigenvalue weighted by molar-refractivity contribution is 0.303. The molecule has 1 aromatic heterocycles. The molecule has 0 aliphatic heterocycles. The van der Waals surface area contributed by atoms with Gasteiger partial charge in [0.15, 0.2) is 0 Å². The SMILES string of the molecule is Cc1ccc(OCc2ccc(Br)s2)c(CNC(C)(C)C)c1. The van der Waals surface area contributed by atoms with Crippen molar-refractivity contribution in [1.82, 2.24) is 5.32 Å². The first-order chi connectivity index (χ1) is 9.83. The van der Waals surface area contributed by atoms with Crippen LogP contribution in [-0.2, 0) is 13.2 Å². The predicted octanol–water partition coefficient (Wildman–Crippen LogP) is 5.29. The zero-order valence-electron chi connectivity index (χ0n) is 13.0. The molecule has 1 N–H and O–H groups in total. The fraction of sp³-hybridized carbons (Fsp3) is 0.412. The molecule has 1 heterocycles. The Balaban J connectivity index is 2.07. The van der Waals surface area contributed by atoms with Crippen LogP contribution >= 0.6 is 27.3 Å². The maximum absolute atomic E-state index is 6.01. The molecule has 0 aliphatic carbocycles. The molecule has 1 aromatic carbocycles. The molecule has 2 nitrogen and oxygen atoms in total. The first-order valence-corrected chi connectivity index (χ1v) is 8.66. The second-order valence-corrected chi connectivity index (χ2v) is 8.76. The highest BCUT2D eigenvalue weighted by atomic mass is 79.9. The van der Waals surface area contributed by atoms with E-state index in [1.807, 2.05) is 0 Å². The Kier molecular flexibility index (Phi) is 5.47. The summed E-state index contributed by atoms with van der Waals surface area (Å²) >= 11 is 5.19. The van der Waals surface area contributed by atoms with Gasteiger partial charge in [-0.25, -0.2) is 0 Å². The smallest absolute Gasteiger partial charge is 0.124 e. The van der Waals surface area contributed by atoms with Crippen LogP contribution in [0.4, 0.5) is 0 Å². The van der Waals surface area contributed by atoms with Crippen molar-refractivity contribution in [3.63, 3.8) is 0 Å². The number of aryl methyl sites for hydroxylation is 1. The molecule has 0 spiro atoms. The van der Waals surface area contributed by atoms with Crippen LogP contribution in [0.5, 0.6) is 5.75 Å². The number of thiophene rings is 1. The van der Waals surface area contributed by atoms with E-state index in [1.54, 1.807) is 11.3 Å². The lowest BCUT2D eigenvalue weighted by Crippen LogP contribution is -2.35. The van der Waals surface area contributed by atoms with Crippen LogP contribution in [0.1, 0.15) is 36.8 Å². The number of benzene rings is 1. The van der Waals surface area contributed by atoms with E-state index in [0.29, 0.717) is 6.61 Å². The molecular weight excluding hydrogens is 346 g/mol. The number of hydrogen-bond acceptors (Lipinski definition) is 3. The van der Waals surface area contributed by atoms with Gasteiger partial charge in [0.05, 0.1) is 3.79 Å². The van der Waals surface area contributed by atoms with Crippen LogP contribution in [0.15, 0.2) is 34.1 Å². The van der Waals surface area contributed by atoms with Crippen molar-refractivity contribution >= 4 is 27.3 Å². The van der Waals surface area contributed by atoms with Gasteiger partial charge in [0.1, 0.15) is 12.4 Å². The van der Waals surface area contributed by atoms with Crippen molar-refractivity contribution in [2.45, 2.75) is 46.4 Å². The van der Waals surface area contributed by atoms with Gasteiger partial charge >= 0.3 is 0 Å². The second-order valence-electron chi connectivity index (χ2n) is 6.21. The second kappa shape index (κ2) is 6.95. The van der Waals surface area contributed by atoms with Gasteiger partial charge in [0.2, 0.25) is 0 Å². The Labute approximate surface area is 139 Å². The van der Waals surface area contributed by atoms with Crippen molar-refractivity contribution in [3.05, 3.63) is 50.1 Å². The van der Waals surface area contributed by atoms with Gasteiger partial charge in [-0.3, -0.25) is 0 Å². The fourth-order valence-electron chi connectivity index (χ4n) is 1.93. The molecule has 0 atom stereocenters. The summed E-state index contributed by atoms with van der Waals surface area (Å²) in [7, 11) is 0. The standard InChI is InChI=1S/C17H22BrNOS/c1-12-5-7-15(13(9-12)10-19-17(2,3)4)20-11-14-6-8-16(18)21-14/h5-9,19H,10-11H2,1-4H3. The van der Waals surface area contributed by atoms with E-state index in [9.17, 15) is 0 Å². The first kappa shape index (κ1) is 16.5. The van der Waals surface area contributed by atoms with E-state index >= 15 is 0 Å². The summed E-state index contributed by atoms with van der Waals surface area (Å²) in [5.74, 6) is 0.960. The highest BCUT2D eigenvalue weighted by Gasteiger charge is 2.11. The third-order valence-electron chi connectivity index (χ3n) is 3.02. The summed E-state index contributed by atoms with van der Waals surface area (Å²) in [6, 6.07) is 10.5. The van der Waals surface area contributed by atoms with E-state index in [-0.39, 0.29) is 5.54 Å².